The lowest BCUT2D eigenvalue weighted by Gasteiger charge is -2.31. The summed E-state index contributed by atoms with van der Waals surface area (Å²) < 4.78 is 5.70. The van der Waals surface area contributed by atoms with E-state index in [2.05, 4.69) is 9.72 Å². The van der Waals surface area contributed by atoms with Crippen molar-refractivity contribution >= 4 is 33.4 Å². The van der Waals surface area contributed by atoms with E-state index in [1.165, 1.54) is 13.5 Å². The minimum Gasteiger partial charge on any atom is -0.462 e. The van der Waals surface area contributed by atoms with Gasteiger partial charge in [-0.2, -0.15) is 0 Å². The van der Waals surface area contributed by atoms with Gasteiger partial charge in [-0.3, -0.25) is 4.79 Å². The van der Waals surface area contributed by atoms with E-state index in [9.17, 15) is 9.59 Å². The number of fused-ring (bicyclic) bond motifs is 1. The zero-order valence-electron chi connectivity index (χ0n) is 12.4. The molecule has 0 bridgehead atoms. The molecule has 0 spiro atoms. The van der Waals surface area contributed by atoms with Crippen LogP contribution in [-0.4, -0.2) is 35.4 Å². The van der Waals surface area contributed by atoms with Crippen molar-refractivity contribution in [2.24, 2.45) is 5.92 Å². The molecule has 1 fully saturated rings. The van der Waals surface area contributed by atoms with Gasteiger partial charge in [0.1, 0.15) is 0 Å². The number of hydrogen-bond donors (Lipinski definition) is 0. The van der Waals surface area contributed by atoms with Gasteiger partial charge in [0.05, 0.1) is 22.8 Å². The Labute approximate surface area is 132 Å². The van der Waals surface area contributed by atoms with Gasteiger partial charge >= 0.3 is 11.9 Å². The summed E-state index contributed by atoms with van der Waals surface area (Å²) in [7, 11) is 1.24. The number of amides is 1. The van der Waals surface area contributed by atoms with Crippen LogP contribution < -0.4 is 0 Å². The lowest BCUT2D eigenvalue weighted by molar-refractivity contribution is -0.159. The van der Waals surface area contributed by atoms with Crippen LogP contribution in [0.4, 0.5) is 0 Å². The summed E-state index contributed by atoms with van der Waals surface area (Å²) in [6.07, 6.45) is 3.45. The van der Waals surface area contributed by atoms with E-state index in [-0.39, 0.29) is 0 Å². The van der Waals surface area contributed by atoms with Gasteiger partial charge in [-0.25, -0.2) is 9.78 Å². The highest BCUT2D eigenvalue weighted by molar-refractivity contribution is 7.16. The molecule has 0 saturated heterocycles. The molecule has 1 aromatic heterocycles. The average molecular weight is 318 g/mol. The van der Waals surface area contributed by atoms with Crippen LogP contribution in [0, 0.1) is 5.92 Å². The predicted molar refractivity (Wildman–Crippen MR) is 84.4 cm³/mol. The van der Waals surface area contributed by atoms with E-state index in [0.717, 1.165) is 28.6 Å². The van der Waals surface area contributed by atoms with Crippen LogP contribution in [0.1, 0.15) is 24.8 Å². The minimum atomic E-state index is -0.797. The van der Waals surface area contributed by atoms with Crippen LogP contribution in [0.2, 0.25) is 0 Å². The van der Waals surface area contributed by atoms with Gasteiger partial charge in [-0.05, 0) is 36.5 Å². The first-order valence-corrected chi connectivity index (χ1v) is 8.24. The second-order valence-corrected chi connectivity index (χ2v) is 6.51. The number of esters is 1. The maximum Gasteiger partial charge on any atom is 0.396 e. The second-order valence-electron chi connectivity index (χ2n) is 5.63. The maximum absolute atomic E-state index is 12.2. The number of nitrogens with zero attached hydrogens (tertiary/aromatic N) is 2. The Kier molecular flexibility index (Phi) is 4.38. The molecule has 6 heteroatoms. The monoisotopic (exact) mass is 318 g/mol. The SMILES string of the molecule is COC(=O)C(=O)N(Cc1ccc2scnc2c1)CC1CCC1. The second kappa shape index (κ2) is 6.44. The van der Waals surface area contributed by atoms with Gasteiger partial charge in [0.2, 0.25) is 0 Å². The third kappa shape index (κ3) is 3.11. The summed E-state index contributed by atoms with van der Waals surface area (Å²) in [5.74, 6) is -0.863. The number of thiazole rings is 1. The summed E-state index contributed by atoms with van der Waals surface area (Å²) >= 11 is 1.59. The molecule has 0 aliphatic heterocycles. The number of aromatic nitrogens is 1. The van der Waals surface area contributed by atoms with Crippen molar-refractivity contribution in [2.75, 3.05) is 13.7 Å². The molecule has 1 aliphatic rings. The lowest BCUT2D eigenvalue weighted by atomic mass is 9.85. The molecule has 22 heavy (non-hydrogen) atoms. The molecule has 0 unspecified atom stereocenters. The first kappa shape index (κ1) is 15.0. The van der Waals surface area contributed by atoms with Crippen molar-refractivity contribution in [2.45, 2.75) is 25.8 Å². The highest BCUT2D eigenvalue weighted by Gasteiger charge is 2.28. The lowest BCUT2D eigenvalue weighted by Crippen LogP contribution is -2.41. The van der Waals surface area contributed by atoms with Crippen LogP contribution in [-0.2, 0) is 20.9 Å². The van der Waals surface area contributed by atoms with Gasteiger partial charge in [0, 0.05) is 13.1 Å². The Morgan fingerprint density at radius 1 is 1.41 bits per heavy atom. The minimum absolute atomic E-state index is 0.415. The molecule has 2 aromatic rings. The number of carbonyl (C=O) groups excluding carboxylic acids is 2. The molecule has 0 radical (unpaired) electrons. The summed E-state index contributed by atoms with van der Waals surface area (Å²) in [5.41, 5.74) is 3.71. The van der Waals surface area contributed by atoms with Crippen molar-refractivity contribution in [1.29, 1.82) is 0 Å². The van der Waals surface area contributed by atoms with E-state index < -0.39 is 11.9 Å². The molecule has 1 aromatic carbocycles. The number of benzene rings is 1. The number of hydrogen-bond acceptors (Lipinski definition) is 5. The van der Waals surface area contributed by atoms with Crippen molar-refractivity contribution in [3.8, 4) is 0 Å². The van der Waals surface area contributed by atoms with E-state index in [4.69, 9.17) is 0 Å². The molecule has 1 aliphatic carbocycles. The van der Waals surface area contributed by atoms with Crippen LogP contribution in [0.25, 0.3) is 10.2 Å². The van der Waals surface area contributed by atoms with Crippen LogP contribution in [0.5, 0.6) is 0 Å². The number of carbonyl (C=O) groups is 2. The topological polar surface area (TPSA) is 59.5 Å². The Balaban J connectivity index is 1.77. The normalized spacial score (nSPS) is 14.6. The molecule has 1 heterocycles. The van der Waals surface area contributed by atoms with Crippen LogP contribution >= 0.6 is 11.3 Å². The fourth-order valence-corrected chi connectivity index (χ4v) is 3.30. The number of methoxy groups -OCH3 is 1. The first-order valence-electron chi connectivity index (χ1n) is 7.36. The quantitative estimate of drug-likeness (QED) is 0.642. The number of rotatable bonds is 4. The Morgan fingerprint density at radius 2 is 2.23 bits per heavy atom. The van der Waals surface area contributed by atoms with Crippen molar-refractivity contribution in [3.63, 3.8) is 0 Å². The Morgan fingerprint density at radius 3 is 2.91 bits per heavy atom. The fraction of sp³-hybridized carbons (Fsp3) is 0.438. The number of ether oxygens (including phenoxy) is 1. The van der Waals surface area contributed by atoms with Gasteiger partial charge in [0.15, 0.2) is 0 Å². The Hall–Kier alpha value is -1.95. The smallest absolute Gasteiger partial charge is 0.396 e. The van der Waals surface area contributed by atoms with Gasteiger partial charge in [-0.15, -0.1) is 11.3 Å². The highest BCUT2D eigenvalue weighted by atomic mass is 32.1. The third-order valence-corrected chi connectivity index (χ3v) is 4.93. The molecule has 5 nitrogen and oxygen atoms in total. The molecule has 1 amide bonds. The standard InChI is InChI=1S/C16H18N2O3S/c1-21-16(20)15(19)18(8-11-3-2-4-11)9-12-5-6-14-13(7-12)17-10-22-14/h5-7,10-11H,2-4,8-9H2,1H3. The maximum atomic E-state index is 12.2. The summed E-state index contributed by atoms with van der Waals surface area (Å²) in [6, 6.07) is 5.97. The zero-order chi connectivity index (χ0) is 15.5. The Bertz CT molecular complexity index is 694. The third-order valence-electron chi connectivity index (χ3n) is 4.12. The van der Waals surface area contributed by atoms with Gasteiger partial charge in [-0.1, -0.05) is 12.5 Å². The predicted octanol–water partition coefficient (Wildman–Crippen LogP) is 2.60. The van der Waals surface area contributed by atoms with E-state index in [1.807, 2.05) is 18.2 Å². The van der Waals surface area contributed by atoms with Crippen LogP contribution in [0.15, 0.2) is 23.7 Å². The van der Waals surface area contributed by atoms with Crippen molar-refractivity contribution < 1.29 is 14.3 Å². The van der Waals surface area contributed by atoms with Gasteiger partial charge < -0.3 is 9.64 Å². The average Bonchev–Trinajstić information content (AvgIpc) is 2.95. The summed E-state index contributed by atoms with van der Waals surface area (Å²) in [6.45, 7) is 1.03. The van der Waals surface area contributed by atoms with Gasteiger partial charge in [0.25, 0.3) is 0 Å². The molecular formula is C16H18N2O3S. The molecule has 116 valence electrons. The van der Waals surface area contributed by atoms with E-state index in [0.29, 0.717) is 19.0 Å². The molecular weight excluding hydrogens is 300 g/mol. The molecule has 1 saturated carbocycles. The fourth-order valence-electron chi connectivity index (χ4n) is 2.64. The van der Waals surface area contributed by atoms with Crippen molar-refractivity contribution in [1.82, 2.24) is 9.88 Å². The molecule has 3 rings (SSSR count). The zero-order valence-corrected chi connectivity index (χ0v) is 13.3. The largest absolute Gasteiger partial charge is 0.462 e. The summed E-state index contributed by atoms with van der Waals surface area (Å²) in [5, 5.41) is 0. The molecule has 0 N–H and O–H groups in total. The van der Waals surface area contributed by atoms with Crippen molar-refractivity contribution in [3.05, 3.63) is 29.3 Å². The molecule has 0 atom stereocenters. The highest BCUT2D eigenvalue weighted by Crippen LogP contribution is 2.28. The summed E-state index contributed by atoms with van der Waals surface area (Å²) in [4.78, 5) is 29.7. The first-order chi connectivity index (χ1) is 10.7. The van der Waals surface area contributed by atoms with E-state index >= 15 is 0 Å². The van der Waals surface area contributed by atoms with Crippen LogP contribution in [0.3, 0.4) is 0 Å². The van der Waals surface area contributed by atoms with E-state index in [1.54, 1.807) is 21.7 Å².